The molecule has 0 amide bonds. The maximum atomic E-state index is 14.2. The lowest BCUT2D eigenvalue weighted by atomic mass is 10.1. The number of aromatic nitrogens is 2. The Labute approximate surface area is 154 Å². The molecule has 4 aromatic rings. The summed E-state index contributed by atoms with van der Waals surface area (Å²) in [7, 11) is 0. The normalized spacial score (nSPS) is 11.1. The molecule has 0 fully saturated rings. The largest absolute Gasteiger partial charge is 0.508 e. The molecular weight excluding hydrogens is 343 g/mol. The van der Waals surface area contributed by atoms with Gasteiger partial charge in [-0.3, -0.25) is 5.43 Å². The van der Waals surface area contributed by atoms with E-state index in [0.29, 0.717) is 16.9 Å². The van der Waals surface area contributed by atoms with Crippen LogP contribution < -0.4 is 5.43 Å². The van der Waals surface area contributed by atoms with Crippen LogP contribution in [0, 0.1) is 5.82 Å². The minimum absolute atomic E-state index is 0.191. The summed E-state index contributed by atoms with van der Waals surface area (Å²) in [6.45, 7) is 0. The number of rotatable bonds is 4. The molecule has 1 aromatic heterocycles. The first kappa shape index (κ1) is 16.7. The highest BCUT2D eigenvalue weighted by atomic mass is 19.1. The van der Waals surface area contributed by atoms with Gasteiger partial charge in [-0.15, -0.1) is 0 Å². The molecule has 4 rings (SSSR count). The van der Waals surface area contributed by atoms with Crippen molar-refractivity contribution in [2.45, 2.75) is 0 Å². The molecule has 0 aliphatic heterocycles. The van der Waals surface area contributed by atoms with Gasteiger partial charge < -0.3 is 5.11 Å². The Bertz CT molecular complexity index is 1130. The SMILES string of the molecule is Oc1ccc(/C=N/Nc2nc(-c3ccccc3F)nc3ccccc23)cc1. The van der Waals surface area contributed by atoms with Gasteiger partial charge in [0.15, 0.2) is 11.6 Å². The number of aromatic hydroxyl groups is 1. The second kappa shape index (κ2) is 7.21. The van der Waals surface area contributed by atoms with Crippen LogP contribution in [0.4, 0.5) is 10.2 Å². The van der Waals surface area contributed by atoms with Crippen LogP contribution in [0.2, 0.25) is 0 Å². The molecule has 0 aliphatic rings. The Morgan fingerprint density at radius 2 is 1.63 bits per heavy atom. The highest BCUT2D eigenvalue weighted by molar-refractivity contribution is 5.91. The van der Waals surface area contributed by atoms with Crippen LogP contribution in [0.5, 0.6) is 5.75 Å². The van der Waals surface area contributed by atoms with E-state index in [1.165, 1.54) is 6.07 Å². The zero-order chi connectivity index (χ0) is 18.6. The number of hydrazone groups is 1. The summed E-state index contributed by atoms with van der Waals surface area (Å²) in [5.41, 5.74) is 4.74. The number of hydrogen-bond acceptors (Lipinski definition) is 5. The third-order valence-corrected chi connectivity index (χ3v) is 4.00. The van der Waals surface area contributed by atoms with E-state index in [9.17, 15) is 9.50 Å². The molecule has 2 N–H and O–H groups in total. The molecule has 0 saturated carbocycles. The molecule has 0 atom stereocenters. The molecule has 0 aliphatic carbocycles. The lowest BCUT2D eigenvalue weighted by molar-refractivity contribution is 0.475. The van der Waals surface area contributed by atoms with Crippen molar-refractivity contribution in [2.75, 3.05) is 5.43 Å². The van der Waals surface area contributed by atoms with Gasteiger partial charge in [0.1, 0.15) is 11.6 Å². The summed E-state index contributed by atoms with van der Waals surface area (Å²) in [5.74, 6) is 0.575. The van der Waals surface area contributed by atoms with Gasteiger partial charge in [-0.2, -0.15) is 5.10 Å². The highest BCUT2D eigenvalue weighted by Crippen LogP contribution is 2.26. The van der Waals surface area contributed by atoms with Gasteiger partial charge in [0, 0.05) is 5.39 Å². The van der Waals surface area contributed by atoms with E-state index in [0.717, 1.165) is 10.9 Å². The number of fused-ring (bicyclic) bond motifs is 1. The second-order valence-electron chi connectivity index (χ2n) is 5.85. The van der Waals surface area contributed by atoms with E-state index in [1.54, 1.807) is 48.7 Å². The molecule has 3 aromatic carbocycles. The number of phenols is 1. The smallest absolute Gasteiger partial charge is 0.165 e. The number of halogens is 1. The standard InChI is InChI=1S/C21H15FN4O/c22-18-7-3-1-5-16(18)20-24-19-8-4-2-6-17(19)21(25-20)26-23-13-14-9-11-15(27)12-10-14/h1-13,27H,(H,24,25,26)/b23-13+. The fourth-order valence-corrected chi connectivity index (χ4v) is 2.65. The first-order valence-electron chi connectivity index (χ1n) is 8.30. The minimum atomic E-state index is -0.383. The molecule has 0 radical (unpaired) electrons. The van der Waals surface area contributed by atoms with E-state index in [2.05, 4.69) is 20.5 Å². The van der Waals surface area contributed by atoms with Crippen LogP contribution in [0.3, 0.4) is 0 Å². The highest BCUT2D eigenvalue weighted by Gasteiger charge is 2.11. The fraction of sp³-hybridized carbons (Fsp3) is 0. The van der Waals surface area contributed by atoms with Gasteiger partial charge in [0.25, 0.3) is 0 Å². The number of nitrogens with one attached hydrogen (secondary N) is 1. The summed E-state index contributed by atoms with van der Waals surface area (Å²) < 4.78 is 14.2. The van der Waals surface area contributed by atoms with Crippen LogP contribution >= 0.6 is 0 Å². The molecule has 0 unspecified atom stereocenters. The van der Waals surface area contributed by atoms with E-state index >= 15 is 0 Å². The van der Waals surface area contributed by atoms with E-state index < -0.39 is 0 Å². The lowest BCUT2D eigenvalue weighted by Crippen LogP contribution is -2.00. The molecular formula is C21H15FN4O. The summed E-state index contributed by atoms with van der Waals surface area (Å²) in [6.07, 6.45) is 1.61. The maximum absolute atomic E-state index is 14.2. The quantitative estimate of drug-likeness (QED) is 0.414. The molecule has 1 heterocycles. The van der Waals surface area contributed by atoms with Crippen molar-refractivity contribution >= 4 is 22.9 Å². The Morgan fingerprint density at radius 1 is 0.889 bits per heavy atom. The first-order valence-corrected chi connectivity index (χ1v) is 8.30. The van der Waals surface area contributed by atoms with Crippen molar-refractivity contribution in [1.82, 2.24) is 9.97 Å². The van der Waals surface area contributed by atoms with Gasteiger partial charge in [0.2, 0.25) is 0 Å². The predicted octanol–water partition coefficient (Wildman–Crippen LogP) is 4.59. The predicted molar refractivity (Wildman–Crippen MR) is 104 cm³/mol. The van der Waals surface area contributed by atoms with Crippen molar-refractivity contribution in [1.29, 1.82) is 0 Å². The molecule has 6 heteroatoms. The fourth-order valence-electron chi connectivity index (χ4n) is 2.65. The van der Waals surface area contributed by atoms with E-state index in [4.69, 9.17) is 0 Å². The van der Waals surface area contributed by atoms with Gasteiger partial charge in [-0.25, -0.2) is 14.4 Å². The van der Waals surface area contributed by atoms with E-state index in [-0.39, 0.29) is 17.4 Å². The Kier molecular flexibility index (Phi) is 4.45. The van der Waals surface area contributed by atoms with Crippen molar-refractivity contribution in [3.63, 3.8) is 0 Å². The molecule has 132 valence electrons. The van der Waals surface area contributed by atoms with Crippen LogP contribution in [0.1, 0.15) is 5.56 Å². The third kappa shape index (κ3) is 3.59. The molecule has 5 nitrogen and oxygen atoms in total. The van der Waals surface area contributed by atoms with Gasteiger partial charge >= 0.3 is 0 Å². The Hall–Kier alpha value is -3.80. The number of benzene rings is 3. The average molecular weight is 358 g/mol. The summed E-state index contributed by atoms with van der Waals surface area (Å²) >= 11 is 0. The van der Waals surface area contributed by atoms with Crippen molar-refractivity contribution in [3.8, 4) is 17.1 Å². The van der Waals surface area contributed by atoms with E-state index in [1.807, 2.05) is 24.3 Å². The molecule has 0 saturated heterocycles. The number of phenolic OH excluding ortho intramolecular Hbond substituents is 1. The number of nitrogens with zero attached hydrogens (tertiary/aromatic N) is 3. The van der Waals surface area contributed by atoms with Crippen LogP contribution in [-0.2, 0) is 0 Å². The summed E-state index contributed by atoms with van der Waals surface area (Å²) in [6, 6.07) is 20.5. The second-order valence-corrected chi connectivity index (χ2v) is 5.85. The summed E-state index contributed by atoms with van der Waals surface area (Å²) in [5, 5.41) is 14.3. The van der Waals surface area contributed by atoms with Crippen molar-refractivity contribution in [3.05, 3.63) is 84.2 Å². The van der Waals surface area contributed by atoms with Gasteiger partial charge in [-0.1, -0.05) is 24.3 Å². The van der Waals surface area contributed by atoms with Gasteiger partial charge in [0.05, 0.1) is 17.3 Å². The number of para-hydroxylation sites is 1. The minimum Gasteiger partial charge on any atom is -0.508 e. The van der Waals surface area contributed by atoms with Crippen molar-refractivity contribution < 1.29 is 9.50 Å². The van der Waals surface area contributed by atoms with Crippen LogP contribution in [0.25, 0.3) is 22.3 Å². The molecule has 27 heavy (non-hydrogen) atoms. The van der Waals surface area contributed by atoms with Gasteiger partial charge in [-0.05, 0) is 54.1 Å². The number of hydrogen-bond donors (Lipinski definition) is 2. The van der Waals surface area contributed by atoms with Crippen LogP contribution in [-0.4, -0.2) is 21.3 Å². The summed E-state index contributed by atoms with van der Waals surface area (Å²) in [4.78, 5) is 8.93. The molecule has 0 spiro atoms. The maximum Gasteiger partial charge on any atom is 0.165 e. The lowest BCUT2D eigenvalue weighted by Gasteiger charge is -2.08. The molecule has 0 bridgehead atoms. The first-order chi connectivity index (χ1) is 13.2. The average Bonchev–Trinajstić information content (AvgIpc) is 2.69. The third-order valence-electron chi connectivity index (χ3n) is 4.00. The zero-order valence-electron chi connectivity index (χ0n) is 14.2. The van der Waals surface area contributed by atoms with Crippen LogP contribution in [0.15, 0.2) is 77.9 Å². The monoisotopic (exact) mass is 358 g/mol. The van der Waals surface area contributed by atoms with Crippen molar-refractivity contribution in [2.24, 2.45) is 5.10 Å². The number of anilines is 1. The topological polar surface area (TPSA) is 70.4 Å². The Morgan fingerprint density at radius 3 is 2.44 bits per heavy atom. The Balaban J connectivity index is 1.72. The zero-order valence-corrected chi connectivity index (χ0v) is 14.2.